The summed E-state index contributed by atoms with van der Waals surface area (Å²) in [5, 5.41) is 9.58. The summed E-state index contributed by atoms with van der Waals surface area (Å²) in [5.41, 5.74) is 2.15. The first-order chi connectivity index (χ1) is 14.5. The molecule has 0 bridgehead atoms. The maximum Gasteiger partial charge on any atom is 0.258 e. The fraction of sp³-hybridized carbons (Fsp3) is 0.0833. The van der Waals surface area contributed by atoms with E-state index in [0.29, 0.717) is 22.9 Å². The summed E-state index contributed by atoms with van der Waals surface area (Å²) >= 11 is 0. The standard InChI is InChI=1S/C24H16F2N2O2/c25-19-12-17(13-20(26)23(19)29)14-22-27-21-10-9-16(11-18(21)24(30)28-22)8-4-7-15-5-2-1-3-6-15/h1-3,5-6,9-13,29H,7,14H2,(H,27,28,30). The van der Waals surface area contributed by atoms with Gasteiger partial charge in [-0.1, -0.05) is 42.2 Å². The molecule has 0 aliphatic carbocycles. The first kappa shape index (κ1) is 19.3. The number of nitrogens with zero attached hydrogens (tertiary/aromatic N) is 1. The van der Waals surface area contributed by atoms with Gasteiger partial charge in [0, 0.05) is 18.4 Å². The number of hydrogen-bond acceptors (Lipinski definition) is 3. The maximum atomic E-state index is 13.5. The van der Waals surface area contributed by atoms with Crippen LogP contribution in [0.3, 0.4) is 0 Å². The van der Waals surface area contributed by atoms with E-state index >= 15 is 0 Å². The van der Waals surface area contributed by atoms with E-state index in [4.69, 9.17) is 0 Å². The lowest BCUT2D eigenvalue weighted by atomic mass is 10.1. The van der Waals surface area contributed by atoms with Crippen molar-refractivity contribution in [3.05, 3.63) is 105 Å². The Morgan fingerprint density at radius 3 is 2.43 bits per heavy atom. The van der Waals surface area contributed by atoms with Gasteiger partial charge in [-0.05, 0) is 41.5 Å². The second-order valence-electron chi connectivity index (χ2n) is 6.79. The average Bonchev–Trinajstić information content (AvgIpc) is 2.73. The number of aromatic nitrogens is 2. The minimum absolute atomic E-state index is 0.0118. The monoisotopic (exact) mass is 402 g/mol. The minimum atomic E-state index is -1.06. The highest BCUT2D eigenvalue weighted by Gasteiger charge is 2.12. The number of nitrogens with one attached hydrogen (secondary N) is 1. The molecule has 0 saturated carbocycles. The van der Waals surface area contributed by atoms with Gasteiger partial charge in [0.15, 0.2) is 17.4 Å². The van der Waals surface area contributed by atoms with Crippen LogP contribution in [0, 0.1) is 23.5 Å². The van der Waals surface area contributed by atoms with Crippen LogP contribution in [-0.2, 0) is 12.8 Å². The van der Waals surface area contributed by atoms with Crippen molar-refractivity contribution in [3.63, 3.8) is 0 Å². The highest BCUT2D eigenvalue weighted by atomic mass is 19.1. The van der Waals surface area contributed by atoms with E-state index in [1.165, 1.54) is 0 Å². The molecule has 0 fully saturated rings. The van der Waals surface area contributed by atoms with Crippen LogP contribution in [0.2, 0.25) is 0 Å². The van der Waals surface area contributed by atoms with E-state index in [9.17, 15) is 18.7 Å². The van der Waals surface area contributed by atoms with Gasteiger partial charge in [-0.2, -0.15) is 0 Å². The molecule has 148 valence electrons. The van der Waals surface area contributed by atoms with Gasteiger partial charge in [-0.25, -0.2) is 13.8 Å². The Morgan fingerprint density at radius 2 is 1.70 bits per heavy atom. The van der Waals surface area contributed by atoms with E-state index in [0.717, 1.165) is 17.7 Å². The molecule has 3 aromatic carbocycles. The molecule has 0 atom stereocenters. The SMILES string of the molecule is O=c1[nH]c(Cc2cc(F)c(O)c(F)c2)nc2ccc(C#CCc3ccccc3)cc12. The van der Waals surface area contributed by atoms with Crippen LogP contribution in [0.5, 0.6) is 5.75 Å². The van der Waals surface area contributed by atoms with E-state index in [2.05, 4.69) is 21.8 Å². The highest BCUT2D eigenvalue weighted by molar-refractivity contribution is 5.79. The number of phenols is 1. The van der Waals surface area contributed by atoms with Gasteiger partial charge in [0.25, 0.3) is 5.56 Å². The second-order valence-corrected chi connectivity index (χ2v) is 6.79. The number of benzene rings is 3. The summed E-state index contributed by atoms with van der Waals surface area (Å²) in [4.78, 5) is 19.5. The normalized spacial score (nSPS) is 10.6. The molecule has 4 nitrogen and oxygen atoms in total. The topological polar surface area (TPSA) is 66.0 Å². The summed E-state index contributed by atoms with van der Waals surface area (Å²) < 4.78 is 27.1. The molecule has 0 amide bonds. The van der Waals surface area contributed by atoms with Crippen molar-refractivity contribution < 1.29 is 13.9 Å². The van der Waals surface area contributed by atoms with Crippen LogP contribution < -0.4 is 5.56 Å². The van der Waals surface area contributed by atoms with Crippen LogP contribution in [0.15, 0.2) is 65.5 Å². The number of rotatable bonds is 3. The lowest BCUT2D eigenvalue weighted by Crippen LogP contribution is -2.12. The summed E-state index contributed by atoms with van der Waals surface area (Å²) in [6, 6.07) is 17.0. The van der Waals surface area contributed by atoms with Crippen molar-refractivity contribution in [2.45, 2.75) is 12.8 Å². The van der Waals surface area contributed by atoms with E-state index in [-0.39, 0.29) is 23.4 Å². The molecular weight excluding hydrogens is 386 g/mol. The number of H-pyrrole nitrogens is 1. The van der Waals surface area contributed by atoms with Crippen LogP contribution >= 0.6 is 0 Å². The molecule has 6 heteroatoms. The molecule has 0 saturated heterocycles. The van der Waals surface area contributed by atoms with Crippen molar-refractivity contribution in [3.8, 4) is 17.6 Å². The number of hydrogen-bond donors (Lipinski definition) is 2. The average molecular weight is 402 g/mol. The van der Waals surface area contributed by atoms with E-state index < -0.39 is 17.4 Å². The molecule has 0 aliphatic rings. The molecule has 1 heterocycles. The van der Waals surface area contributed by atoms with Gasteiger partial charge in [-0.15, -0.1) is 0 Å². The predicted octanol–water partition coefficient (Wildman–Crippen LogP) is 4.09. The Morgan fingerprint density at radius 1 is 0.967 bits per heavy atom. The number of halogens is 2. The zero-order valence-corrected chi connectivity index (χ0v) is 15.7. The first-order valence-corrected chi connectivity index (χ1v) is 9.22. The molecule has 4 aromatic rings. The number of phenolic OH excluding ortho intramolecular Hbond substituents is 1. The summed E-state index contributed by atoms with van der Waals surface area (Å²) in [6.07, 6.45) is 0.615. The Hall–Kier alpha value is -3.98. The van der Waals surface area contributed by atoms with Gasteiger partial charge < -0.3 is 10.1 Å². The van der Waals surface area contributed by atoms with Gasteiger partial charge in [-0.3, -0.25) is 4.79 Å². The summed E-state index contributed by atoms with van der Waals surface area (Å²) in [5.74, 6) is 3.24. The lowest BCUT2D eigenvalue weighted by molar-refractivity contribution is 0.395. The largest absolute Gasteiger partial charge is 0.503 e. The third-order valence-electron chi connectivity index (χ3n) is 4.57. The molecule has 1 aromatic heterocycles. The summed E-state index contributed by atoms with van der Waals surface area (Å²) in [6.45, 7) is 0. The quantitative estimate of drug-likeness (QED) is 0.507. The number of fused-ring (bicyclic) bond motifs is 1. The third kappa shape index (κ3) is 4.20. The van der Waals surface area contributed by atoms with Crippen LogP contribution in [0.1, 0.15) is 22.5 Å². The van der Waals surface area contributed by atoms with Crippen molar-refractivity contribution in [2.24, 2.45) is 0 Å². The number of aromatic amines is 1. The Kier molecular flexibility index (Phi) is 5.27. The highest BCUT2D eigenvalue weighted by Crippen LogP contribution is 2.22. The van der Waals surface area contributed by atoms with Crippen LogP contribution in [0.25, 0.3) is 10.9 Å². The Bertz CT molecular complexity index is 1330. The second kappa shape index (κ2) is 8.18. The van der Waals surface area contributed by atoms with Gasteiger partial charge in [0.1, 0.15) is 5.82 Å². The van der Waals surface area contributed by atoms with E-state index in [1.54, 1.807) is 18.2 Å². The first-order valence-electron chi connectivity index (χ1n) is 9.22. The van der Waals surface area contributed by atoms with Gasteiger partial charge >= 0.3 is 0 Å². The lowest BCUT2D eigenvalue weighted by Gasteiger charge is -2.06. The van der Waals surface area contributed by atoms with E-state index in [1.807, 2.05) is 30.3 Å². The van der Waals surface area contributed by atoms with Crippen molar-refractivity contribution in [1.29, 1.82) is 0 Å². The molecule has 0 spiro atoms. The molecule has 0 radical (unpaired) electrons. The summed E-state index contributed by atoms with van der Waals surface area (Å²) in [7, 11) is 0. The third-order valence-corrected chi connectivity index (χ3v) is 4.57. The van der Waals surface area contributed by atoms with Gasteiger partial charge in [0.2, 0.25) is 0 Å². The zero-order chi connectivity index (χ0) is 21.1. The Labute approximate surface area is 170 Å². The van der Waals surface area contributed by atoms with Crippen molar-refractivity contribution >= 4 is 10.9 Å². The maximum absolute atomic E-state index is 13.5. The van der Waals surface area contributed by atoms with Crippen molar-refractivity contribution in [1.82, 2.24) is 9.97 Å². The molecule has 0 unspecified atom stereocenters. The Balaban J connectivity index is 1.59. The molecular formula is C24H16F2N2O2. The fourth-order valence-corrected chi connectivity index (χ4v) is 3.11. The zero-order valence-electron chi connectivity index (χ0n) is 15.7. The van der Waals surface area contributed by atoms with Crippen LogP contribution in [-0.4, -0.2) is 15.1 Å². The molecule has 30 heavy (non-hydrogen) atoms. The van der Waals surface area contributed by atoms with Crippen molar-refractivity contribution in [2.75, 3.05) is 0 Å². The minimum Gasteiger partial charge on any atom is -0.503 e. The van der Waals surface area contributed by atoms with Gasteiger partial charge in [0.05, 0.1) is 10.9 Å². The smallest absolute Gasteiger partial charge is 0.258 e. The number of aromatic hydroxyl groups is 1. The molecule has 0 aliphatic heterocycles. The molecule has 4 rings (SSSR count). The molecule has 2 N–H and O–H groups in total. The van der Waals surface area contributed by atoms with Crippen LogP contribution in [0.4, 0.5) is 8.78 Å². The predicted molar refractivity (Wildman–Crippen MR) is 110 cm³/mol. The fourth-order valence-electron chi connectivity index (χ4n) is 3.11.